The maximum atomic E-state index is 12.8. The average molecular weight is 396 g/mol. The molecule has 0 saturated carbocycles. The molecule has 8 nitrogen and oxygen atoms in total. The number of aromatic nitrogens is 1. The summed E-state index contributed by atoms with van der Waals surface area (Å²) in [6, 6.07) is 11.3. The molecule has 29 heavy (non-hydrogen) atoms. The second kappa shape index (κ2) is 9.29. The minimum atomic E-state index is -0.552. The van der Waals surface area contributed by atoms with Gasteiger partial charge in [-0.2, -0.15) is 0 Å². The molecule has 1 saturated heterocycles. The number of piperazine rings is 1. The second-order valence-electron chi connectivity index (χ2n) is 6.63. The fraction of sp³-hybridized carbons (Fsp3) is 0.333. The summed E-state index contributed by atoms with van der Waals surface area (Å²) in [7, 11) is 1.28. The van der Waals surface area contributed by atoms with E-state index in [1.54, 1.807) is 41.3 Å². The molecule has 2 heterocycles. The molecule has 0 aliphatic carbocycles. The highest BCUT2D eigenvalue weighted by Crippen LogP contribution is 2.17. The standard InChI is InChI=1S/C21H24N4O4/c1-3-24-11-13-25(14-12-24)20(27)18-10-6-9-17(22-18)19(26)23-16-8-5-4-7-15(16)21(28)29-2/h4-10H,3,11-14H2,1-2H3,(H,23,26). The molecule has 0 spiro atoms. The number of carbonyl (C=O) groups is 3. The van der Waals surface area contributed by atoms with Gasteiger partial charge in [-0.3, -0.25) is 9.59 Å². The molecular weight excluding hydrogens is 372 g/mol. The number of rotatable bonds is 5. The zero-order valence-corrected chi connectivity index (χ0v) is 16.6. The molecule has 0 atom stereocenters. The van der Waals surface area contributed by atoms with Crippen molar-refractivity contribution in [1.82, 2.24) is 14.8 Å². The van der Waals surface area contributed by atoms with E-state index in [4.69, 9.17) is 4.74 Å². The molecule has 8 heteroatoms. The summed E-state index contributed by atoms with van der Waals surface area (Å²) in [6.07, 6.45) is 0. The van der Waals surface area contributed by atoms with E-state index in [2.05, 4.69) is 22.1 Å². The Morgan fingerprint density at radius 1 is 1.00 bits per heavy atom. The smallest absolute Gasteiger partial charge is 0.339 e. The van der Waals surface area contributed by atoms with Gasteiger partial charge in [0.25, 0.3) is 11.8 Å². The van der Waals surface area contributed by atoms with Crippen LogP contribution in [0, 0.1) is 0 Å². The molecule has 2 amide bonds. The highest BCUT2D eigenvalue weighted by atomic mass is 16.5. The third-order valence-electron chi connectivity index (χ3n) is 4.89. The summed E-state index contributed by atoms with van der Waals surface area (Å²) < 4.78 is 4.74. The van der Waals surface area contributed by atoms with Crippen molar-refractivity contribution in [2.75, 3.05) is 45.2 Å². The minimum Gasteiger partial charge on any atom is -0.465 e. The van der Waals surface area contributed by atoms with Crippen LogP contribution in [0.25, 0.3) is 0 Å². The van der Waals surface area contributed by atoms with Gasteiger partial charge in [-0.25, -0.2) is 9.78 Å². The quantitative estimate of drug-likeness (QED) is 0.776. The monoisotopic (exact) mass is 396 g/mol. The van der Waals surface area contributed by atoms with Crippen molar-refractivity contribution in [1.29, 1.82) is 0 Å². The number of likely N-dealkylation sites (N-methyl/N-ethyl adjacent to an activating group) is 1. The van der Waals surface area contributed by atoms with Crippen LogP contribution in [-0.4, -0.2) is 72.4 Å². The Balaban J connectivity index is 1.74. The van der Waals surface area contributed by atoms with Gasteiger partial charge in [-0.15, -0.1) is 0 Å². The molecule has 1 aromatic heterocycles. The largest absolute Gasteiger partial charge is 0.465 e. The molecular formula is C21H24N4O4. The third-order valence-corrected chi connectivity index (χ3v) is 4.89. The Kier molecular flexibility index (Phi) is 6.56. The zero-order valence-electron chi connectivity index (χ0n) is 16.6. The van der Waals surface area contributed by atoms with Gasteiger partial charge in [0.2, 0.25) is 0 Å². The van der Waals surface area contributed by atoms with Crippen molar-refractivity contribution in [3.63, 3.8) is 0 Å². The van der Waals surface area contributed by atoms with Crippen LogP contribution in [0.1, 0.15) is 38.3 Å². The number of anilines is 1. The van der Waals surface area contributed by atoms with Crippen molar-refractivity contribution in [2.45, 2.75) is 6.92 Å². The van der Waals surface area contributed by atoms with Crippen LogP contribution in [0.5, 0.6) is 0 Å². The van der Waals surface area contributed by atoms with Gasteiger partial charge in [0.15, 0.2) is 0 Å². The number of hydrogen-bond donors (Lipinski definition) is 1. The van der Waals surface area contributed by atoms with Crippen LogP contribution >= 0.6 is 0 Å². The SMILES string of the molecule is CCN1CCN(C(=O)c2cccc(C(=O)Nc3ccccc3C(=O)OC)n2)CC1. The summed E-state index contributed by atoms with van der Waals surface area (Å²) in [5.74, 6) is -1.25. The maximum Gasteiger partial charge on any atom is 0.339 e. The molecule has 1 aromatic carbocycles. The Morgan fingerprint density at radius 3 is 2.38 bits per heavy atom. The number of hydrogen-bond acceptors (Lipinski definition) is 6. The van der Waals surface area contributed by atoms with Gasteiger partial charge >= 0.3 is 5.97 Å². The number of methoxy groups -OCH3 is 1. The number of esters is 1. The Labute approximate surface area is 169 Å². The van der Waals surface area contributed by atoms with Crippen LogP contribution in [0.4, 0.5) is 5.69 Å². The van der Waals surface area contributed by atoms with Crippen molar-refractivity contribution in [3.05, 3.63) is 59.4 Å². The summed E-state index contributed by atoms with van der Waals surface area (Å²) in [6.45, 7) is 5.98. The van der Waals surface area contributed by atoms with E-state index in [0.29, 0.717) is 18.8 Å². The van der Waals surface area contributed by atoms with Gasteiger partial charge < -0.3 is 19.9 Å². The lowest BCUT2D eigenvalue weighted by Gasteiger charge is -2.33. The van der Waals surface area contributed by atoms with Crippen molar-refractivity contribution < 1.29 is 19.1 Å². The summed E-state index contributed by atoms with van der Waals surface area (Å²) in [4.78, 5) is 45.6. The number of ether oxygens (including phenoxy) is 1. The Hall–Kier alpha value is -3.26. The van der Waals surface area contributed by atoms with Gasteiger partial charge in [0.1, 0.15) is 11.4 Å². The molecule has 0 radical (unpaired) electrons. The molecule has 1 fully saturated rings. The predicted octanol–water partition coefficient (Wildman–Crippen LogP) is 1.90. The lowest BCUT2D eigenvalue weighted by Crippen LogP contribution is -2.48. The fourth-order valence-corrected chi connectivity index (χ4v) is 3.18. The zero-order chi connectivity index (χ0) is 20.8. The van der Waals surface area contributed by atoms with Gasteiger partial charge in [0.05, 0.1) is 18.4 Å². The maximum absolute atomic E-state index is 12.8. The number of para-hydroxylation sites is 1. The molecule has 1 aliphatic rings. The predicted molar refractivity (Wildman–Crippen MR) is 108 cm³/mol. The second-order valence-corrected chi connectivity index (χ2v) is 6.63. The molecule has 2 aromatic rings. The van der Waals surface area contributed by atoms with Crippen LogP contribution in [0.15, 0.2) is 42.5 Å². The van der Waals surface area contributed by atoms with Crippen molar-refractivity contribution in [2.24, 2.45) is 0 Å². The molecule has 0 unspecified atom stereocenters. The molecule has 1 aliphatic heterocycles. The molecule has 152 valence electrons. The number of nitrogens with one attached hydrogen (secondary N) is 1. The van der Waals surface area contributed by atoms with E-state index in [1.807, 2.05) is 0 Å². The Bertz CT molecular complexity index is 907. The van der Waals surface area contributed by atoms with Crippen LogP contribution < -0.4 is 5.32 Å². The van der Waals surface area contributed by atoms with Gasteiger partial charge in [-0.05, 0) is 30.8 Å². The molecule has 1 N–H and O–H groups in total. The first kappa shape index (κ1) is 20.5. The van der Waals surface area contributed by atoms with E-state index in [9.17, 15) is 14.4 Å². The lowest BCUT2D eigenvalue weighted by molar-refractivity contribution is 0.0600. The Morgan fingerprint density at radius 2 is 1.69 bits per heavy atom. The molecule has 0 bridgehead atoms. The summed E-state index contributed by atoms with van der Waals surface area (Å²) >= 11 is 0. The fourth-order valence-electron chi connectivity index (χ4n) is 3.18. The first-order valence-corrected chi connectivity index (χ1v) is 9.51. The normalized spacial score (nSPS) is 14.3. The van der Waals surface area contributed by atoms with Crippen LogP contribution in [0.2, 0.25) is 0 Å². The number of carbonyl (C=O) groups excluding carboxylic acids is 3. The number of nitrogens with zero attached hydrogens (tertiary/aromatic N) is 3. The first-order chi connectivity index (χ1) is 14.0. The lowest BCUT2D eigenvalue weighted by atomic mass is 10.1. The van der Waals surface area contributed by atoms with Crippen molar-refractivity contribution in [3.8, 4) is 0 Å². The van der Waals surface area contributed by atoms with Gasteiger partial charge in [0, 0.05) is 26.2 Å². The molecule has 3 rings (SSSR count). The van der Waals surface area contributed by atoms with E-state index >= 15 is 0 Å². The first-order valence-electron chi connectivity index (χ1n) is 9.51. The van der Waals surface area contributed by atoms with Crippen LogP contribution in [0.3, 0.4) is 0 Å². The number of benzene rings is 1. The topological polar surface area (TPSA) is 91.8 Å². The van der Waals surface area contributed by atoms with E-state index in [1.165, 1.54) is 13.2 Å². The average Bonchev–Trinajstić information content (AvgIpc) is 2.78. The van der Waals surface area contributed by atoms with Crippen LogP contribution in [-0.2, 0) is 4.74 Å². The third kappa shape index (κ3) is 4.78. The van der Waals surface area contributed by atoms with Gasteiger partial charge in [-0.1, -0.05) is 25.1 Å². The highest BCUT2D eigenvalue weighted by Gasteiger charge is 2.23. The summed E-state index contributed by atoms with van der Waals surface area (Å²) in [5.41, 5.74) is 0.884. The van der Waals surface area contributed by atoms with Crippen molar-refractivity contribution >= 4 is 23.5 Å². The number of amides is 2. The van der Waals surface area contributed by atoms with E-state index in [0.717, 1.165) is 19.6 Å². The minimum absolute atomic E-state index is 0.0997. The number of pyridine rings is 1. The summed E-state index contributed by atoms with van der Waals surface area (Å²) in [5, 5.41) is 2.67. The van der Waals surface area contributed by atoms with E-state index in [-0.39, 0.29) is 22.9 Å². The highest BCUT2D eigenvalue weighted by molar-refractivity contribution is 6.07. The van der Waals surface area contributed by atoms with E-state index < -0.39 is 11.9 Å².